The average Bonchev–Trinajstić information content (AvgIpc) is 2.78. The van der Waals surface area contributed by atoms with E-state index in [0.717, 1.165) is 10.0 Å². The van der Waals surface area contributed by atoms with Crippen molar-refractivity contribution < 1.29 is 14.6 Å². The Bertz CT molecular complexity index is 627. The Hall–Kier alpha value is -0.750. The molecule has 1 unspecified atom stereocenters. The Labute approximate surface area is 135 Å². The van der Waals surface area contributed by atoms with Gasteiger partial charge in [0.25, 0.3) is 0 Å². The molecule has 20 heavy (non-hydrogen) atoms. The molecule has 0 saturated carbocycles. The minimum atomic E-state index is -0.849. The fraction of sp³-hybridized carbons (Fsp3) is 0.286. The quantitative estimate of drug-likeness (QED) is 0.848. The standard InChI is InChI=1S/C14H14BrClO3S/c1-7-6-20-14(12(7)16)13(17)8-4-11(19-3)9(15)5-10(8)18-2/h4-6,13,17H,1-3H3. The Morgan fingerprint density at radius 2 is 1.90 bits per heavy atom. The number of aryl methyl sites for hydroxylation is 1. The van der Waals surface area contributed by atoms with E-state index in [2.05, 4.69) is 15.9 Å². The van der Waals surface area contributed by atoms with Crippen molar-refractivity contribution in [1.82, 2.24) is 0 Å². The van der Waals surface area contributed by atoms with Gasteiger partial charge in [0.1, 0.15) is 17.6 Å². The van der Waals surface area contributed by atoms with Gasteiger partial charge in [0, 0.05) is 5.56 Å². The van der Waals surface area contributed by atoms with Crippen LogP contribution in [0.5, 0.6) is 11.5 Å². The van der Waals surface area contributed by atoms with E-state index in [9.17, 15) is 5.11 Å². The summed E-state index contributed by atoms with van der Waals surface area (Å²) in [5.41, 5.74) is 1.57. The van der Waals surface area contributed by atoms with Crippen molar-refractivity contribution in [2.75, 3.05) is 14.2 Å². The van der Waals surface area contributed by atoms with Gasteiger partial charge in [-0.3, -0.25) is 0 Å². The first-order valence-electron chi connectivity index (χ1n) is 5.82. The molecule has 1 heterocycles. The summed E-state index contributed by atoms with van der Waals surface area (Å²) in [6, 6.07) is 3.52. The van der Waals surface area contributed by atoms with E-state index in [-0.39, 0.29) is 0 Å². The van der Waals surface area contributed by atoms with E-state index in [0.29, 0.717) is 27.0 Å². The van der Waals surface area contributed by atoms with Gasteiger partial charge in [-0.05, 0) is 45.9 Å². The van der Waals surface area contributed by atoms with Gasteiger partial charge in [-0.1, -0.05) is 11.6 Å². The van der Waals surface area contributed by atoms with Gasteiger partial charge in [-0.2, -0.15) is 0 Å². The molecule has 0 radical (unpaired) electrons. The lowest BCUT2D eigenvalue weighted by Crippen LogP contribution is -2.02. The van der Waals surface area contributed by atoms with Crippen LogP contribution in [0.3, 0.4) is 0 Å². The zero-order valence-electron chi connectivity index (χ0n) is 11.2. The maximum absolute atomic E-state index is 10.6. The van der Waals surface area contributed by atoms with Crippen LogP contribution >= 0.6 is 38.9 Å². The van der Waals surface area contributed by atoms with Gasteiger partial charge in [0.15, 0.2) is 0 Å². The van der Waals surface area contributed by atoms with Crippen molar-refractivity contribution in [1.29, 1.82) is 0 Å². The summed E-state index contributed by atoms with van der Waals surface area (Å²) in [5.74, 6) is 1.21. The summed E-state index contributed by atoms with van der Waals surface area (Å²) in [6.07, 6.45) is -0.849. The van der Waals surface area contributed by atoms with E-state index in [4.69, 9.17) is 21.1 Å². The van der Waals surface area contributed by atoms with Gasteiger partial charge >= 0.3 is 0 Å². The van der Waals surface area contributed by atoms with Crippen molar-refractivity contribution in [3.8, 4) is 11.5 Å². The molecule has 0 aliphatic carbocycles. The minimum absolute atomic E-state index is 0.576. The van der Waals surface area contributed by atoms with Gasteiger partial charge in [-0.25, -0.2) is 0 Å². The first-order chi connectivity index (χ1) is 9.49. The second-order valence-corrected chi connectivity index (χ2v) is 6.37. The smallest absolute Gasteiger partial charge is 0.133 e. The molecule has 108 valence electrons. The normalized spacial score (nSPS) is 12.3. The number of thiophene rings is 1. The molecule has 3 nitrogen and oxygen atoms in total. The van der Waals surface area contributed by atoms with Crippen LogP contribution in [-0.4, -0.2) is 19.3 Å². The van der Waals surface area contributed by atoms with E-state index in [1.165, 1.54) is 11.3 Å². The second kappa shape index (κ2) is 6.35. The van der Waals surface area contributed by atoms with Crippen LogP contribution in [0.2, 0.25) is 5.02 Å². The number of rotatable bonds is 4. The zero-order valence-corrected chi connectivity index (χ0v) is 14.4. The Kier molecular flexibility index (Phi) is 4.96. The van der Waals surface area contributed by atoms with Gasteiger partial charge in [0.05, 0.1) is 28.6 Å². The fourth-order valence-electron chi connectivity index (χ4n) is 1.87. The molecule has 1 atom stereocenters. The van der Waals surface area contributed by atoms with Crippen LogP contribution < -0.4 is 9.47 Å². The largest absolute Gasteiger partial charge is 0.496 e. The summed E-state index contributed by atoms with van der Waals surface area (Å²) in [6.45, 7) is 1.91. The highest BCUT2D eigenvalue weighted by Crippen LogP contribution is 2.42. The van der Waals surface area contributed by atoms with Crippen LogP contribution in [-0.2, 0) is 0 Å². The van der Waals surface area contributed by atoms with Crippen molar-refractivity contribution in [2.24, 2.45) is 0 Å². The molecule has 6 heteroatoms. The topological polar surface area (TPSA) is 38.7 Å². The molecule has 2 rings (SSSR count). The first kappa shape index (κ1) is 15.6. The van der Waals surface area contributed by atoms with Crippen LogP contribution in [0.15, 0.2) is 22.0 Å². The summed E-state index contributed by atoms with van der Waals surface area (Å²) in [7, 11) is 3.14. The number of hydrogen-bond donors (Lipinski definition) is 1. The highest BCUT2D eigenvalue weighted by molar-refractivity contribution is 9.10. The highest BCUT2D eigenvalue weighted by Gasteiger charge is 2.22. The lowest BCUT2D eigenvalue weighted by atomic mass is 10.1. The Balaban J connectivity index is 2.53. The molecular formula is C14H14BrClO3S. The second-order valence-electron chi connectivity index (χ2n) is 4.23. The lowest BCUT2D eigenvalue weighted by Gasteiger charge is -2.16. The SMILES string of the molecule is COc1cc(C(O)c2scc(C)c2Cl)c(OC)cc1Br. The minimum Gasteiger partial charge on any atom is -0.496 e. The predicted molar refractivity (Wildman–Crippen MR) is 85.4 cm³/mol. The van der Waals surface area contributed by atoms with Crippen molar-refractivity contribution in [3.05, 3.63) is 43.0 Å². The summed E-state index contributed by atoms with van der Waals surface area (Å²) < 4.78 is 11.4. The number of aliphatic hydroxyl groups is 1. The molecule has 0 saturated heterocycles. The van der Waals surface area contributed by atoms with Crippen LogP contribution in [0.1, 0.15) is 22.1 Å². The summed E-state index contributed by atoms with van der Waals surface area (Å²) in [4.78, 5) is 0.701. The number of methoxy groups -OCH3 is 2. The third-order valence-electron chi connectivity index (χ3n) is 2.97. The molecule has 0 spiro atoms. The molecule has 0 bridgehead atoms. The van der Waals surface area contributed by atoms with Crippen LogP contribution in [0.4, 0.5) is 0 Å². The van der Waals surface area contributed by atoms with Crippen molar-refractivity contribution in [3.63, 3.8) is 0 Å². The maximum Gasteiger partial charge on any atom is 0.133 e. The Morgan fingerprint density at radius 3 is 2.40 bits per heavy atom. The first-order valence-corrected chi connectivity index (χ1v) is 7.87. The number of hydrogen-bond acceptors (Lipinski definition) is 4. The number of aliphatic hydroxyl groups excluding tert-OH is 1. The average molecular weight is 378 g/mol. The summed E-state index contributed by atoms with van der Waals surface area (Å²) >= 11 is 11.0. The highest BCUT2D eigenvalue weighted by atomic mass is 79.9. The molecule has 2 aromatic rings. The van der Waals surface area contributed by atoms with E-state index < -0.39 is 6.10 Å². The number of ether oxygens (including phenoxy) is 2. The Morgan fingerprint density at radius 1 is 1.25 bits per heavy atom. The van der Waals surface area contributed by atoms with Crippen molar-refractivity contribution >= 4 is 38.9 Å². The monoisotopic (exact) mass is 376 g/mol. The van der Waals surface area contributed by atoms with E-state index in [1.807, 2.05) is 12.3 Å². The van der Waals surface area contributed by atoms with E-state index >= 15 is 0 Å². The fourth-order valence-corrected chi connectivity index (χ4v) is 3.66. The maximum atomic E-state index is 10.6. The van der Waals surface area contributed by atoms with Crippen LogP contribution in [0, 0.1) is 6.92 Å². The number of halogens is 2. The predicted octanol–water partition coefficient (Wildman–Crippen LogP) is 4.57. The van der Waals surface area contributed by atoms with Crippen molar-refractivity contribution in [2.45, 2.75) is 13.0 Å². The molecular weight excluding hydrogens is 364 g/mol. The van der Waals surface area contributed by atoms with Gasteiger partial charge in [0.2, 0.25) is 0 Å². The molecule has 1 aromatic heterocycles. The molecule has 0 aliphatic heterocycles. The van der Waals surface area contributed by atoms with E-state index in [1.54, 1.807) is 26.4 Å². The van der Waals surface area contributed by atoms with Gasteiger partial charge < -0.3 is 14.6 Å². The van der Waals surface area contributed by atoms with Gasteiger partial charge in [-0.15, -0.1) is 11.3 Å². The molecule has 0 fully saturated rings. The summed E-state index contributed by atoms with van der Waals surface area (Å²) in [5, 5.41) is 13.1. The molecule has 0 amide bonds. The molecule has 0 aliphatic rings. The number of benzene rings is 1. The zero-order chi connectivity index (χ0) is 14.9. The molecule has 1 N–H and O–H groups in total. The third-order valence-corrected chi connectivity index (χ3v) is 5.36. The molecule has 1 aromatic carbocycles. The third kappa shape index (κ3) is 2.81. The lowest BCUT2D eigenvalue weighted by molar-refractivity contribution is 0.218. The van der Waals surface area contributed by atoms with Crippen LogP contribution in [0.25, 0.3) is 0 Å².